The second kappa shape index (κ2) is 9.74. The fourth-order valence-electron chi connectivity index (χ4n) is 2.52. The molecule has 0 fully saturated rings. The molecule has 0 aliphatic carbocycles. The summed E-state index contributed by atoms with van der Waals surface area (Å²) in [6, 6.07) is 5.16. The monoisotopic (exact) mass is 293 g/mol. The van der Waals surface area contributed by atoms with Crippen molar-refractivity contribution >= 4 is 5.82 Å². The average molecular weight is 293 g/mol. The minimum Gasteiger partial charge on any atom is -0.383 e. The van der Waals surface area contributed by atoms with Crippen molar-refractivity contribution in [1.29, 1.82) is 0 Å². The van der Waals surface area contributed by atoms with Gasteiger partial charge in [0.25, 0.3) is 0 Å². The molecule has 0 aliphatic rings. The first-order chi connectivity index (χ1) is 10.1. The van der Waals surface area contributed by atoms with Gasteiger partial charge in [-0.05, 0) is 18.9 Å². The molecule has 4 nitrogen and oxygen atoms in total. The van der Waals surface area contributed by atoms with E-state index in [-0.39, 0.29) is 0 Å². The number of methoxy groups -OCH3 is 1. The third-order valence-corrected chi connectivity index (χ3v) is 3.76. The number of rotatable bonds is 10. The van der Waals surface area contributed by atoms with Crippen LogP contribution in [0.1, 0.15) is 46.1 Å². The first kappa shape index (κ1) is 17.9. The van der Waals surface area contributed by atoms with E-state index in [0.29, 0.717) is 12.1 Å². The Bertz CT molecular complexity index is 391. The summed E-state index contributed by atoms with van der Waals surface area (Å²) in [6.45, 7) is 11.3. The van der Waals surface area contributed by atoms with Crippen LogP contribution in [-0.2, 0) is 11.3 Å². The summed E-state index contributed by atoms with van der Waals surface area (Å²) >= 11 is 0. The standard InChI is InChI=1S/C17H31N3O/c1-6-16(7-2)20(11-12-21-5)17-15(9-8-10-18-17)13-19-14(3)4/h8-10,14,16,19H,6-7,11-13H2,1-5H3. The topological polar surface area (TPSA) is 37.4 Å². The number of nitrogens with one attached hydrogen (secondary N) is 1. The zero-order valence-electron chi connectivity index (χ0n) is 14.2. The fraction of sp³-hybridized carbons (Fsp3) is 0.706. The highest BCUT2D eigenvalue weighted by atomic mass is 16.5. The molecule has 0 saturated carbocycles. The van der Waals surface area contributed by atoms with Gasteiger partial charge in [-0.25, -0.2) is 4.98 Å². The predicted octanol–water partition coefficient (Wildman–Crippen LogP) is 3.22. The van der Waals surface area contributed by atoms with Crippen molar-refractivity contribution in [3.05, 3.63) is 23.9 Å². The molecule has 0 bridgehead atoms. The van der Waals surface area contributed by atoms with Crippen LogP contribution < -0.4 is 10.2 Å². The number of hydrogen-bond donors (Lipinski definition) is 1. The van der Waals surface area contributed by atoms with E-state index < -0.39 is 0 Å². The van der Waals surface area contributed by atoms with E-state index in [4.69, 9.17) is 4.74 Å². The number of nitrogens with zero attached hydrogens (tertiary/aromatic N) is 2. The van der Waals surface area contributed by atoms with E-state index >= 15 is 0 Å². The number of pyridine rings is 1. The molecule has 0 radical (unpaired) electrons. The van der Waals surface area contributed by atoms with Gasteiger partial charge in [0.2, 0.25) is 0 Å². The van der Waals surface area contributed by atoms with Gasteiger partial charge in [-0.2, -0.15) is 0 Å². The van der Waals surface area contributed by atoms with E-state index in [1.165, 1.54) is 5.56 Å². The van der Waals surface area contributed by atoms with Crippen molar-refractivity contribution in [2.75, 3.05) is 25.2 Å². The molecule has 4 heteroatoms. The Labute approximate surface area is 129 Å². The average Bonchev–Trinajstić information content (AvgIpc) is 2.50. The first-order valence-electron chi connectivity index (χ1n) is 8.06. The molecule has 120 valence electrons. The van der Waals surface area contributed by atoms with Gasteiger partial charge in [0.15, 0.2) is 0 Å². The van der Waals surface area contributed by atoms with E-state index in [2.05, 4.69) is 49.0 Å². The van der Waals surface area contributed by atoms with Crippen LogP contribution in [0.25, 0.3) is 0 Å². The second-order valence-corrected chi connectivity index (χ2v) is 5.68. The third kappa shape index (κ3) is 5.64. The van der Waals surface area contributed by atoms with Crippen LogP contribution in [0.4, 0.5) is 5.82 Å². The maximum absolute atomic E-state index is 5.29. The van der Waals surface area contributed by atoms with Gasteiger partial charge in [0, 0.05) is 44.0 Å². The maximum Gasteiger partial charge on any atom is 0.133 e. The molecule has 1 N–H and O–H groups in total. The van der Waals surface area contributed by atoms with Crippen LogP contribution >= 0.6 is 0 Å². The van der Waals surface area contributed by atoms with Crippen LogP contribution in [0.15, 0.2) is 18.3 Å². The molecular weight excluding hydrogens is 262 g/mol. The van der Waals surface area contributed by atoms with Crippen LogP contribution in [0, 0.1) is 0 Å². The Morgan fingerprint density at radius 3 is 2.57 bits per heavy atom. The fourth-order valence-corrected chi connectivity index (χ4v) is 2.52. The zero-order chi connectivity index (χ0) is 15.7. The van der Waals surface area contributed by atoms with Gasteiger partial charge in [-0.1, -0.05) is 33.8 Å². The summed E-state index contributed by atoms with van der Waals surface area (Å²) in [4.78, 5) is 7.06. The molecule has 1 rings (SSSR count). The summed E-state index contributed by atoms with van der Waals surface area (Å²) in [5.74, 6) is 1.09. The quantitative estimate of drug-likeness (QED) is 0.719. The largest absolute Gasteiger partial charge is 0.383 e. The highest BCUT2D eigenvalue weighted by Crippen LogP contribution is 2.22. The summed E-state index contributed by atoms with van der Waals surface area (Å²) in [6.07, 6.45) is 4.12. The Hall–Kier alpha value is -1.13. The van der Waals surface area contributed by atoms with Crippen LogP contribution in [0.2, 0.25) is 0 Å². The molecule has 21 heavy (non-hydrogen) atoms. The molecule has 1 heterocycles. The van der Waals surface area contributed by atoms with Gasteiger partial charge in [0.05, 0.1) is 6.61 Å². The predicted molar refractivity (Wildman–Crippen MR) is 89.8 cm³/mol. The lowest BCUT2D eigenvalue weighted by Crippen LogP contribution is -2.38. The SMILES string of the molecule is CCC(CC)N(CCOC)c1ncccc1CNC(C)C. The van der Waals surface area contributed by atoms with Gasteiger partial charge in [0.1, 0.15) is 5.82 Å². The van der Waals surface area contributed by atoms with Crippen molar-refractivity contribution in [3.8, 4) is 0 Å². The minimum absolute atomic E-state index is 0.471. The molecule has 0 unspecified atom stereocenters. The molecule has 1 aromatic rings. The molecule has 0 amide bonds. The smallest absolute Gasteiger partial charge is 0.133 e. The van der Waals surface area contributed by atoms with Gasteiger partial charge in [-0.3, -0.25) is 0 Å². The van der Waals surface area contributed by atoms with E-state index in [9.17, 15) is 0 Å². The van der Waals surface area contributed by atoms with Crippen molar-refractivity contribution in [2.45, 2.75) is 59.2 Å². The molecule has 0 aromatic carbocycles. The Balaban J connectivity index is 2.99. The van der Waals surface area contributed by atoms with Crippen LogP contribution in [-0.4, -0.2) is 37.3 Å². The second-order valence-electron chi connectivity index (χ2n) is 5.68. The number of ether oxygens (including phenoxy) is 1. The molecule has 0 spiro atoms. The molecule has 1 aromatic heterocycles. The van der Waals surface area contributed by atoms with Crippen molar-refractivity contribution in [3.63, 3.8) is 0 Å². The van der Waals surface area contributed by atoms with Crippen LogP contribution in [0.3, 0.4) is 0 Å². The Morgan fingerprint density at radius 1 is 1.29 bits per heavy atom. The van der Waals surface area contributed by atoms with E-state index in [0.717, 1.165) is 38.4 Å². The molecule has 0 atom stereocenters. The Morgan fingerprint density at radius 2 is 2.00 bits per heavy atom. The van der Waals surface area contributed by atoms with Crippen molar-refractivity contribution in [2.24, 2.45) is 0 Å². The maximum atomic E-state index is 5.29. The van der Waals surface area contributed by atoms with Gasteiger partial charge < -0.3 is 15.0 Å². The zero-order valence-corrected chi connectivity index (χ0v) is 14.2. The number of hydrogen-bond acceptors (Lipinski definition) is 4. The molecular formula is C17H31N3O. The van der Waals surface area contributed by atoms with Crippen LogP contribution in [0.5, 0.6) is 0 Å². The number of anilines is 1. The van der Waals surface area contributed by atoms with Crippen molar-refractivity contribution < 1.29 is 4.74 Å². The summed E-state index contributed by atoms with van der Waals surface area (Å²) in [7, 11) is 1.75. The highest BCUT2D eigenvalue weighted by Gasteiger charge is 2.19. The lowest BCUT2D eigenvalue weighted by molar-refractivity contribution is 0.202. The molecule has 0 saturated heterocycles. The summed E-state index contributed by atoms with van der Waals surface area (Å²) in [5, 5.41) is 3.49. The third-order valence-electron chi connectivity index (χ3n) is 3.76. The lowest BCUT2D eigenvalue weighted by atomic mass is 10.1. The normalized spacial score (nSPS) is 11.4. The lowest BCUT2D eigenvalue weighted by Gasteiger charge is -2.33. The minimum atomic E-state index is 0.471. The van der Waals surface area contributed by atoms with E-state index in [1.54, 1.807) is 7.11 Å². The van der Waals surface area contributed by atoms with Gasteiger partial charge in [-0.15, -0.1) is 0 Å². The Kier molecular flexibility index (Phi) is 8.31. The summed E-state index contributed by atoms with van der Waals surface area (Å²) < 4.78 is 5.29. The first-order valence-corrected chi connectivity index (χ1v) is 8.06. The van der Waals surface area contributed by atoms with Crippen molar-refractivity contribution in [1.82, 2.24) is 10.3 Å². The van der Waals surface area contributed by atoms with Gasteiger partial charge >= 0.3 is 0 Å². The molecule has 0 aliphatic heterocycles. The highest BCUT2D eigenvalue weighted by molar-refractivity contribution is 5.47. The summed E-state index contributed by atoms with van der Waals surface area (Å²) in [5.41, 5.74) is 1.26. The number of aromatic nitrogens is 1. The van der Waals surface area contributed by atoms with E-state index in [1.807, 2.05) is 12.3 Å².